The molecule has 22 heavy (non-hydrogen) atoms. The Morgan fingerprint density at radius 1 is 1.27 bits per heavy atom. The predicted molar refractivity (Wildman–Crippen MR) is 83.0 cm³/mol. The quantitative estimate of drug-likeness (QED) is 0.412. The summed E-state index contributed by atoms with van der Waals surface area (Å²) in [6, 6.07) is 8.71. The first kappa shape index (κ1) is 17.7. The lowest BCUT2D eigenvalue weighted by Crippen LogP contribution is -2.33. The van der Waals surface area contributed by atoms with Crippen molar-refractivity contribution in [3.63, 3.8) is 0 Å². The van der Waals surface area contributed by atoms with Gasteiger partial charge in [0.1, 0.15) is 19.3 Å². The van der Waals surface area contributed by atoms with Gasteiger partial charge in [0.15, 0.2) is 0 Å². The molecule has 1 aromatic rings. The molecule has 120 valence electrons. The fourth-order valence-electron chi connectivity index (χ4n) is 1.65. The third kappa shape index (κ3) is 7.44. The Labute approximate surface area is 130 Å². The van der Waals surface area contributed by atoms with Crippen LogP contribution in [0.2, 0.25) is 0 Å². The first-order valence-corrected chi connectivity index (χ1v) is 7.11. The van der Waals surface area contributed by atoms with Gasteiger partial charge < -0.3 is 20.5 Å². The van der Waals surface area contributed by atoms with Crippen LogP contribution in [0.25, 0.3) is 0 Å². The Morgan fingerprint density at radius 3 is 2.68 bits per heavy atom. The molecule has 1 aromatic carbocycles. The zero-order valence-corrected chi connectivity index (χ0v) is 12.5. The molecular weight excluding hydrogens is 284 g/mol. The fraction of sp³-hybridized carbons (Fsp3) is 0.375. The molecule has 0 fully saturated rings. The maximum Gasteiger partial charge on any atom is 0.407 e. The predicted octanol–water partition coefficient (Wildman–Crippen LogP) is 1.75. The summed E-state index contributed by atoms with van der Waals surface area (Å²) in [5, 5.41) is 2.61. The van der Waals surface area contributed by atoms with E-state index < -0.39 is 18.1 Å². The van der Waals surface area contributed by atoms with Crippen molar-refractivity contribution in [3.8, 4) is 0 Å². The van der Waals surface area contributed by atoms with E-state index in [0.717, 1.165) is 5.56 Å². The van der Waals surface area contributed by atoms with Gasteiger partial charge in [0.05, 0.1) is 0 Å². The average Bonchev–Trinajstić information content (AvgIpc) is 2.55. The van der Waals surface area contributed by atoms with Crippen LogP contribution in [0.5, 0.6) is 0 Å². The van der Waals surface area contributed by atoms with E-state index in [0.29, 0.717) is 19.4 Å². The topological polar surface area (TPSA) is 90.6 Å². The third-order valence-corrected chi connectivity index (χ3v) is 2.82. The van der Waals surface area contributed by atoms with Crippen molar-refractivity contribution in [1.29, 1.82) is 0 Å². The number of nitrogens with one attached hydrogen (secondary N) is 1. The largest absolute Gasteiger partial charge is 0.460 e. The van der Waals surface area contributed by atoms with Crippen molar-refractivity contribution in [3.05, 3.63) is 48.6 Å². The monoisotopic (exact) mass is 306 g/mol. The van der Waals surface area contributed by atoms with Crippen molar-refractivity contribution in [2.75, 3.05) is 13.2 Å². The van der Waals surface area contributed by atoms with Gasteiger partial charge >= 0.3 is 12.1 Å². The molecule has 0 aliphatic heterocycles. The molecule has 0 saturated carbocycles. The number of carbonyl (C=O) groups excluding carboxylic acids is 2. The van der Waals surface area contributed by atoms with Crippen LogP contribution in [0, 0.1) is 0 Å². The molecule has 1 rings (SSSR count). The number of amides is 1. The number of carbonyl (C=O) groups is 2. The lowest BCUT2D eigenvalue weighted by atomic mass is 10.2. The van der Waals surface area contributed by atoms with E-state index in [1.807, 2.05) is 30.3 Å². The van der Waals surface area contributed by atoms with Gasteiger partial charge in [-0.3, -0.25) is 4.79 Å². The highest BCUT2D eigenvalue weighted by molar-refractivity contribution is 5.75. The van der Waals surface area contributed by atoms with E-state index in [-0.39, 0.29) is 13.2 Å². The molecule has 0 bridgehead atoms. The maximum absolute atomic E-state index is 11.5. The Balaban J connectivity index is 2.09. The highest BCUT2D eigenvalue weighted by Crippen LogP contribution is 2.01. The lowest BCUT2D eigenvalue weighted by molar-refractivity contribution is -0.144. The van der Waals surface area contributed by atoms with Crippen molar-refractivity contribution in [2.45, 2.75) is 25.5 Å². The highest BCUT2D eigenvalue weighted by atomic mass is 16.5. The molecule has 0 heterocycles. The minimum Gasteiger partial charge on any atom is -0.460 e. The number of benzene rings is 1. The van der Waals surface area contributed by atoms with Gasteiger partial charge in [0, 0.05) is 6.54 Å². The second kappa shape index (κ2) is 10.4. The first-order valence-electron chi connectivity index (χ1n) is 7.11. The lowest BCUT2D eigenvalue weighted by Gasteiger charge is -2.11. The summed E-state index contributed by atoms with van der Waals surface area (Å²) in [4.78, 5) is 22.9. The molecule has 1 amide bonds. The Hall–Kier alpha value is -2.34. The molecule has 1 unspecified atom stereocenters. The van der Waals surface area contributed by atoms with Gasteiger partial charge in [-0.1, -0.05) is 43.0 Å². The number of rotatable bonds is 9. The number of ether oxygens (including phenoxy) is 2. The number of hydrogen-bond acceptors (Lipinski definition) is 5. The standard InChI is InChI=1S/C16H22N2O4/c1-2-11-21-15(19)14(17)9-6-10-18-16(20)22-12-13-7-4-3-5-8-13/h2-5,7-8,14H,1,6,9-12,17H2,(H,18,20). The molecule has 0 aliphatic rings. The summed E-state index contributed by atoms with van der Waals surface area (Å²) >= 11 is 0. The van der Waals surface area contributed by atoms with E-state index >= 15 is 0 Å². The summed E-state index contributed by atoms with van der Waals surface area (Å²) in [5.41, 5.74) is 6.58. The second-order valence-corrected chi connectivity index (χ2v) is 4.66. The van der Waals surface area contributed by atoms with Gasteiger partial charge in [0.2, 0.25) is 0 Å². The zero-order chi connectivity index (χ0) is 16.2. The highest BCUT2D eigenvalue weighted by Gasteiger charge is 2.14. The number of hydrogen-bond donors (Lipinski definition) is 2. The maximum atomic E-state index is 11.5. The molecule has 3 N–H and O–H groups in total. The normalized spacial score (nSPS) is 11.3. The van der Waals surface area contributed by atoms with Gasteiger partial charge in [0.25, 0.3) is 0 Å². The van der Waals surface area contributed by atoms with Gasteiger partial charge in [-0.15, -0.1) is 0 Å². The van der Waals surface area contributed by atoms with Crippen LogP contribution in [-0.2, 0) is 20.9 Å². The van der Waals surface area contributed by atoms with Crippen molar-refractivity contribution in [1.82, 2.24) is 5.32 Å². The van der Waals surface area contributed by atoms with E-state index in [1.54, 1.807) is 0 Å². The molecule has 0 aromatic heterocycles. The SMILES string of the molecule is C=CCOC(=O)C(N)CCCNC(=O)OCc1ccccc1. The number of nitrogens with two attached hydrogens (primary N) is 1. The summed E-state index contributed by atoms with van der Waals surface area (Å²) in [6.45, 7) is 4.20. The van der Waals surface area contributed by atoms with Crippen molar-refractivity contribution < 1.29 is 19.1 Å². The van der Waals surface area contributed by atoms with E-state index in [1.165, 1.54) is 6.08 Å². The van der Waals surface area contributed by atoms with Crippen LogP contribution in [-0.4, -0.2) is 31.3 Å². The van der Waals surface area contributed by atoms with Gasteiger partial charge in [-0.25, -0.2) is 4.79 Å². The molecular formula is C16H22N2O4. The van der Waals surface area contributed by atoms with E-state index in [2.05, 4.69) is 11.9 Å². The number of esters is 1. The summed E-state index contributed by atoms with van der Waals surface area (Å²) < 4.78 is 9.88. The molecule has 6 nitrogen and oxygen atoms in total. The average molecular weight is 306 g/mol. The molecule has 0 radical (unpaired) electrons. The summed E-state index contributed by atoms with van der Waals surface area (Å²) in [5.74, 6) is -0.466. The minimum atomic E-state index is -0.693. The third-order valence-electron chi connectivity index (χ3n) is 2.82. The zero-order valence-electron chi connectivity index (χ0n) is 12.5. The summed E-state index contributed by atoms with van der Waals surface area (Å²) in [6.07, 6.45) is 1.97. The minimum absolute atomic E-state index is 0.149. The molecule has 1 atom stereocenters. The molecule has 0 aliphatic carbocycles. The van der Waals surface area contributed by atoms with Crippen LogP contribution in [0.3, 0.4) is 0 Å². The van der Waals surface area contributed by atoms with E-state index in [9.17, 15) is 9.59 Å². The first-order chi connectivity index (χ1) is 10.6. The van der Waals surface area contributed by atoms with Crippen LogP contribution in [0.15, 0.2) is 43.0 Å². The molecule has 0 spiro atoms. The smallest absolute Gasteiger partial charge is 0.407 e. The fourth-order valence-corrected chi connectivity index (χ4v) is 1.65. The number of alkyl carbamates (subject to hydrolysis) is 1. The second-order valence-electron chi connectivity index (χ2n) is 4.66. The van der Waals surface area contributed by atoms with Crippen molar-refractivity contribution >= 4 is 12.1 Å². The molecule has 6 heteroatoms. The van der Waals surface area contributed by atoms with Crippen LogP contribution >= 0.6 is 0 Å². The van der Waals surface area contributed by atoms with E-state index in [4.69, 9.17) is 15.2 Å². The Kier molecular flexibility index (Phi) is 8.37. The Morgan fingerprint density at radius 2 is 2.00 bits per heavy atom. The van der Waals surface area contributed by atoms with Crippen LogP contribution < -0.4 is 11.1 Å². The van der Waals surface area contributed by atoms with Gasteiger partial charge in [-0.05, 0) is 18.4 Å². The molecule has 0 saturated heterocycles. The van der Waals surface area contributed by atoms with Crippen LogP contribution in [0.1, 0.15) is 18.4 Å². The van der Waals surface area contributed by atoms with Gasteiger partial charge in [-0.2, -0.15) is 0 Å². The Bertz CT molecular complexity index is 476. The van der Waals surface area contributed by atoms with Crippen LogP contribution in [0.4, 0.5) is 4.79 Å². The van der Waals surface area contributed by atoms with Crippen molar-refractivity contribution in [2.24, 2.45) is 5.73 Å². The summed E-state index contributed by atoms with van der Waals surface area (Å²) in [7, 11) is 0.